The summed E-state index contributed by atoms with van der Waals surface area (Å²) in [5.74, 6) is 0.737. The Morgan fingerprint density at radius 3 is 3.00 bits per heavy atom. The third kappa shape index (κ3) is 2.96. The van der Waals surface area contributed by atoms with Crippen LogP contribution in [0.2, 0.25) is 0 Å². The van der Waals surface area contributed by atoms with Gasteiger partial charge in [-0.15, -0.1) is 0 Å². The van der Waals surface area contributed by atoms with Gasteiger partial charge in [0.25, 0.3) is 6.02 Å². The number of nitrogens with zero attached hydrogens (tertiary/aromatic N) is 4. The number of anilines is 2. The third-order valence-electron chi connectivity index (χ3n) is 4.12. The number of halogens is 1. The van der Waals surface area contributed by atoms with Crippen LogP contribution < -0.4 is 10.2 Å². The molecule has 1 fully saturated rings. The Balaban J connectivity index is 1.65. The summed E-state index contributed by atoms with van der Waals surface area (Å²) in [5, 5.41) is 12.5. The maximum Gasteiger partial charge on any atom is 0.289 e. The molecule has 24 heavy (non-hydrogen) atoms. The van der Waals surface area contributed by atoms with Crippen LogP contribution in [-0.4, -0.2) is 59.6 Å². The van der Waals surface area contributed by atoms with E-state index < -0.39 is 12.3 Å². The zero-order valence-electron chi connectivity index (χ0n) is 13.0. The molecule has 0 aliphatic carbocycles. The van der Waals surface area contributed by atoms with Gasteiger partial charge in [-0.05, 0) is 24.6 Å². The average molecular weight is 331 g/mol. The monoisotopic (exact) mass is 331 g/mol. The minimum atomic E-state index is -0.801. The number of aliphatic imine (C=N–C) groups is 1. The van der Waals surface area contributed by atoms with Gasteiger partial charge in [0.1, 0.15) is 30.2 Å². The number of aliphatic hydroxyl groups excluding tert-OH is 1. The number of rotatable bonds is 2. The predicted octanol–water partition coefficient (Wildman–Crippen LogP) is 1.34. The van der Waals surface area contributed by atoms with E-state index in [0.717, 1.165) is 11.3 Å². The lowest BCUT2D eigenvalue weighted by molar-refractivity contribution is 0.0950. The number of alkyl halides is 1. The molecule has 2 aromatic heterocycles. The van der Waals surface area contributed by atoms with E-state index in [1.54, 1.807) is 12.3 Å². The van der Waals surface area contributed by atoms with Gasteiger partial charge in [0.15, 0.2) is 0 Å². The second-order valence-electron chi connectivity index (χ2n) is 5.96. The molecule has 7 nitrogen and oxygen atoms in total. The van der Waals surface area contributed by atoms with Crippen LogP contribution in [-0.2, 0) is 4.74 Å². The maximum atomic E-state index is 13.4. The van der Waals surface area contributed by atoms with E-state index in [1.807, 2.05) is 17.0 Å². The number of fused-ring (bicyclic) bond motifs is 1. The zero-order valence-corrected chi connectivity index (χ0v) is 13.0. The van der Waals surface area contributed by atoms with Gasteiger partial charge < -0.3 is 20.1 Å². The molecule has 2 aromatic rings. The molecule has 2 N–H and O–H groups in total. The number of amidine groups is 1. The van der Waals surface area contributed by atoms with Crippen molar-refractivity contribution in [3.05, 3.63) is 24.4 Å². The van der Waals surface area contributed by atoms with Crippen molar-refractivity contribution in [3.8, 4) is 0 Å². The van der Waals surface area contributed by atoms with E-state index in [-0.39, 0.29) is 6.61 Å². The van der Waals surface area contributed by atoms with Crippen molar-refractivity contribution >= 4 is 28.6 Å². The Morgan fingerprint density at radius 1 is 1.33 bits per heavy atom. The van der Waals surface area contributed by atoms with Crippen LogP contribution in [0.25, 0.3) is 11.0 Å². The Kier molecular flexibility index (Phi) is 3.89. The number of hydrogen-bond donors (Lipinski definition) is 2. The number of aromatic nitrogens is 2. The summed E-state index contributed by atoms with van der Waals surface area (Å²) < 4.78 is 18.8. The van der Waals surface area contributed by atoms with Crippen LogP contribution in [0.15, 0.2) is 29.4 Å². The summed E-state index contributed by atoms with van der Waals surface area (Å²) in [5.41, 5.74) is 2.12. The summed E-state index contributed by atoms with van der Waals surface area (Å²) in [6.07, 6.45) is 0.839. The van der Waals surface area contributed by atoms with Crippen molar-refractivity contribution < 1.29 is 14.2 Å². The maximum absolute atomic E-state index is 13.4. The molecule has 4 heterocycles. The quantitative estimate of drug-likeness (QED) is 0.864. The predicted molar refractivity (Wildman–Crippen MR) is 89.1 cm³/mol. The Morgan fingerprint density at radius 2 is 2.25 bits per heavy atom. The first-order chi connectivity index (χ1) is 11.7. The lowest BCUT2D eigenvalue weighted by Gasteiger charge is -2.20. The number of hydrogen-bond acceptors (Lipinski definition) is 7. The van der Waals surface area contributed by atoms with Crippen molar-refractivity contribution in [1.29, 1.82) is 0 Å². The first-order valence-corrected chi connectivity index (χ1v) is 7.96. The van der Waals surface area contributed by atoms with Crippen LogP contribution in [0.3, 0.4) is 0 Å². The van der Waals surface area contributed by atoms with E-state index in [0.29, 0.717) is 43.3 Å². The van der Waals surface area contributed by atoms with Gasteiger partial charge in [-0.2, -0.15) is 0 Å². The van der Waals surface area contributed by atoms with Crippen LogP contribution >= 0.6 is 0 Å². The molecule has 0 spiro atoms. The van der Waals surface area contributed by atoms with Crippen molar-refractivity contribution in [1.82, 2.24) is 9.97 Å². The molecule has 2 atom stereocenters. The summed E-state index contributed by atoms with van der Waals surface area (Å²) >= 11 is 0. The fraction of sp³-hybridized carbons (Fsp3) is 0.438. The molecule has 2 aliphatic rings. The minimum Gasteiger partial charge on any atom is -0.462 e. The van der Waals surface area contributed by atoms with Crippen molar-refractivity contribution in [2.75, 3.05) is 36.5 Å². The average Bonchev–Trinajstić information content (AvgIpc) is 3.03. The number of nitrogens with one attached hydrogen (secondary N) is 1. The molecule has 8 heteroatoms. The van der Waals surface area contributed by atoms with E-state index in [4.69, 9.17) is 4.74 Å². The normalized spacial score (nSPS) is 23.9. The lowest BCUT2D eigenvalue weighted by atomic mass is 10.2. The van der Waals surface area contributed by atoms with Crippen molar-refractivity contribution in [2.24, 2.45) is 4.99 Å². The highest BCUT2D eigenvalue weighted by Crippen LogP contribution is 2.26. The second kappa shape index (κ2) is 6.20. The van der Waals surface area contributed by atoms with Crippen molar-refractivity contribution in [2.45, 2.75) is 18.7 Å². The largest absolute Gasteiger partial charge is 0.462 e. The van der Waals surface area contributed by atoms with E-state index >= 15 is 0 Å². The number of ether oxygens (including phenoxy) is 1. The minimum absolute atomic E-state index is 0.208. The van der Waals surface area contributed by atoms with Gasteiger partial charge in [0, 0.05) is 12.7 Å². The lowest BCUT2D eigenvalue weighted by Crippen LogP contribution is -2.31. The number of aliphatic hydroxyl groups is 1. The van der Waals surface area contributed by atoms with Gasteiger partial charge in [0.05, 0.1) is 24.3 Å². The zero-order chi connectivity index (χ0) is 16.5. The molecule has 2 aliphatic heterocycles. The first-order valence-electron chi connectivity index (χ1n) is 7.96. The highest BCUT2D eigenvalue weighted by molar-refractivity contribution is 5.98. The third-order valence-corrected chi connectivity index (χ3v) is 4.12. The molecule has 0 aromatic carbocycles. The Hall–Kier alpha value is -2.48. The summed E-state index contributed by atoms with van der Waals surface area (Å²) in [6.45, 7) is 1.54. The standard InChI is InChI=1S/C16H18FN5O2/c17-10-4-6-22(8-10)14-2-1-12-15(21-14)13(3-5-18-12)20-16-19-7-11(23)9-24-16/h1-3,5,10-11,23H,4,6-9H2,(H,18,19,20). The summed E-state index contributed by atoms with van der Waals surface area (Å²) in [4.78, 5) is 15.0. The molecule has 0 saturated carbocycles. The van der Waals surface area contributed by atoms with Crippen LogP contribution in [0.5, 0.6) is 0 Å². The molecule has 1 saturated heterocycles. The summed E-state index contributed by atoms with van der Waals surface area (Å²) in [6, 6.07) is 5.88. The molecule has 2 unspecified atom stereocenters. The van der Waals surface area contributed by atoms with Gasteiger partial charge in [-0.3, -0.25) is 4.98 Å². The SMILES string of the molecule is OC1CN=C(Nc2ccnc3ccc(N4CCC(F)C4)nc23)OC1. The number of pyridine rings is 2. The molecule has 126 valence electrons. The van der Waals surface area contributed by atoms with E-state index in [1.165, 1.54) is 0 Å². The van der Waals surface area contributed by atoms with Crippen LogP contribution in [0, 0.1) is 0 Å². The topological polar surface area (TPSA) is 82.9 Å². The molecule has 0 radical (unpaired) electrons. The van der Waals surface area contributed by atoms with Crippen LogP contribution in [0.4, 0.5) is 15.9 Å². The van der Waals surface area contributed by atoms with Crippen molar-refractivity contribution in [3.63, 3.8) is 0 Å². The highest BCUT2D eigenvalue weighted by atomic mass is 19.1. The molecule has 0 bridgehead atoms. The molecule has 0 amide bonds. The summed E-state index contributed by atoms with van der Waals surface area (Å²) in [7, 11) is 0. The van der Waals surface area contributed by atoms with Gasteiger partial charge in [0.2, 0.25) is 0 Å². The van der Waals surface area contributed by atoms with Gasteiger partial charge in [-0.25, -0.2) is 14.4 Å². The highest BCUT2D eigenvalue weighted by Gasteiger charge is 2.23. The Labute approximate surface area is 138 Å². The van der Waals surface area contributed by atoms with Gasteiger partial charge in [-0.1, -0.05) is 0 Å². The molecular formula is C16H18FN5O2. The Bertz CT molecular complexity index is 784. The molecular weight excluding hydrogens is 313 g/mol. The van der Waals surface area contributed by atoms with E-state index in [9.17, 15) is 9.50 Å². The smallest absolute Gasteiger partial charge is 0.289 e. The first kappa shape index (κ1) is 15.1. The van der Waals surface area contributed by atoms with Crippen LogP contribution in [0.1, 0.15) is 6.42 Å². The fourth-order valence-electron chi connectivity index (χ4n) is 2.87. The van der Waals surface area contributed by atoms with Gasteiger partial charge >= 0.3 is 0 Å². The second-order valence-corrected chi connectivity index (χ2v) is 5.96. The fourth-order valence-corrected chi connectivity index (χ4v) is 2.87. The molecule has 4 rings (SSSR count). The van der Waals surface area contributed by atoms with E-state index in [2.05, 4.69) is 20.3 Å².